The van der Waals surface area contributed by atoms with Crippen molar-refractivity contribution in [2.24, 2.45) is 11.5 Å². The molecule has 1 aliphatic heterocycles. The lowest BCUT2D eigenvalue weighted by atomic mass is 9.89. The minimum absolute atomic E-state index is 0.137. The van der Waals surface area contributed by atoms with Gasteiger partial charge in [-0.1, -0.05) is 0 Å². The van der Waals surface area contributed by atoms with E-state index in [9.17, 15) is 18.0 Å². The lowest BCUT2D eigenvalue weighted by Crippen LogP contribution is -2.64. The van der Waals surface area contributed by atoms with Gasteiger partial charge in [0.15, 0.2) is 0 Å². The minimum atomic E-state index is -2.73. The van der Waals surface area contributed by atoms with Crippen LogP contribution >= 0.6 is 0 Å². The first-order chi connectivity index (χ1) is 9.74. The van der Waals surface area contributed by atoms with E-state index in [1.165, 1.54) is 0 Å². The minimum Gasteiger partial charge on any atom is -0.367 e. The molecule has 0 bridgehead atoms. The van der Waals surface area contributed by atoms with Gasteiger partial charge in [0.1, 0.15) is 11.9 Å². The van der Waals surface area contributed by atoms with Crippen LogP contribution < -0.4 is 16.8 Å². The monoisotopic (exact) mass is 302 g/mol. The summed E-state index contributed by atoms with van der Waals surface area (Å²) in [7, 11) is 0. The molecule has 1 aliphatic rings. The van der Waals surface area contributed by atoms with Crippen LogP contribution in [-0.4, -0.2) is 31.2 Å². The van der Waals surface area contributed by atoms with Gasteiger partial charge >= 0.3 is 0 Å². The summed E-state index contributed by atoms with van der Waals surface area (Å²) in [6.45, 7) is 1.48. The van der Waals surface area contributed by atoms with Crippen LogP contribution in [0.3, 0.4) is 0 Å². The highest BCUT2D eigenvalue weighted by Crippen LogP contribution is 2.28. The van der Waals surface area contributed by atoms with Gasteiger partial charge in [-0.15, -0.1) is 0 Å². The largest absolute Gasteiger partial charge is 0.367 e. The maximum atomic E-state index is 13.8. The Morgan fingerprint density at radius 1 is 1.62 bits per heavy atom. The maximum absolute atomic E-state index is 13.8. The zero-order valence-corrected chi connectivity index (χ0v) is 11.2. The van der Waals surface area contributed by atoms with Crippen LogP contribution in [-0.2, 0) is 10.3 Å². The zero-order chi connectivity index (χ0) is 15.8. The average Bonchev–Trinajstić information content (AvgIpc) is 2.37. The first-order valence-corrected chi connectivity index (χ1v) is 6.19. The molecular weight excluding hydrogens is 287 g/mol. The normalized spacial score (nSPS) is 29.6. The number of morpholine rings is 1. The van der Waals surface area contributed by atoms with Crippen molar-refractivity contribution in [3.8, 4) is 0 Å². The molecule has 0 aliphatic carbocycles. The number of halogens is 3. The quantitative estimate of drug-likeness (QED) is 0.757. The molecule has 5 N–H and O–H groups in total. The Labute approximate surface area is 119 Å². The molecule has 3 atom stereocenters. The standard InChI is InChI=1S/C13H15F3N3O2/c1-13(5-21-9(10(15)16)11(17)19-13)6-2-3-7(12(18)20)8(14)4-6/h3-4,9-11,19H,5,17H2,1H3,(H2,18,20)/t9-,11?,13?/m0/s1. The molecule has 1 aromatic rings. The van der Waals surface area contributed by atoms with Gasteiger partial charge in [0.25, 0.3) is 12.3 Å². The van der Waals surface area contributed by atoms with Gasteiger partial charge in [0.05, 0.1) is 23.9 Å². The van der Waals surface area contributed by atoms with E-state index in [1.807, 2.05) is 0 Å². The Morgan fingerprint density at radius 3 is 2.76 bits per heavy atom. The predicted molar refractivity (Wildman–Crippen MR) is 68.0 cm³/mol. The van der Waals surface area contributed by atoms with Crippen molar-refractivity contribution >= 4 is 5.91 Å². The van der Waals surface area contributed by atoms with Crippen molar-refractivity contribution in [2.75, 3.05) is 6.61 Å². The predicted octanol–water partition coefficient (Wildman–Crippen LogP) is 0.478. The van der Waals surface area contributed by atoms with E-state index in [-0.39, 0.29) is 12.2 Å². The SMILES string of the molecule is CC1(c2[c]cc(C(N)=O)c(F)c2)CO[C@@H](C(F)F)C(N)N1. The number of alkyl halides is 2. The molecule has 115 valence electrons. The van der Waals surface area contributed by atoms with Crippen LogP contribution in [0.4, 0.5) is 13.2 Å². The summed E-state index contributed by atoms with van der Waals surface area (Å²) in [6, 6.07) is 4.88. The van der Waals surface area contributed by atoms with Crippen LogP contribution in [0.15, 0.2) is 12.1 Å². The van der Waals surface area contributed by atoms with Crippen molar-refractivity contribution < 1.29 is 22.7 Å². The smallest absolute Gasteiger partial charge is 0.267 e. The van der Waals surface area contributed by atoms with Gasteiger partial charge in [-0.05, 0) is 30.7 Å². The number of hydrogen-bond donors (Lipinski definition) is 3. The van der Waals surface area contributed by atoms with Crippen molar-refractivity contribution in [1.29, 1.82) is 0 Å². The molecule has 0 spiro atoms. The number of ether oxygens (including phenoxy) is 1. The molecular formula is C13H15F3N3O2. The number of rotatable bonds is 3. The Kier molecular flexibility index (Phi) is 4.22. The Balaban J connectivity index is 2.26. The molecule has 1 amide bonds. The number of carbonyl (C=O) groups is 1. The topological polar surface area (TPSA) is 90.4 Å². The highest BCUT2D eigenvalue weighted by molar-refractivity contribution is 5.93. The molecule has 8 heteroatoms. The average molecular weight is 302 g/mol. The summed E-state index contributed by atoms with van der Waals surface area (Å²) in [5.41, 5.74) is 9.62. The van der Waals surface area contributed by atoms with Gasteiger partial charge in [-0.3, -0.25) is 10.1 Å². The number of benzene rings is 1. The number of amides is 1. The van der Waals surface area contributed by atoms with Gasteiger partial charge < -0.3 is 16.2 Å². The Bertz CT molecular complexity index is 555. The van der Waals surface area contributed by atoms with Gasteiger partial charge in [-0.2, -0.15) is 0 Å². The Morgan fingerprint density at radius 2 is 2.29 bits per heavy atom. The fourth-order valence-electron chi connectivity index (χ4n) is 2.22. The maximum Gasteiger partial charge on any atom is 0.267 e. The summed E-state index contributed by atoms with van der Waals surface area (Å²) < 4.78 is 44.2. The second kappa shape index (κ2) is 5.63. The number of hydrogen-bond acceptors (Lipinski definition) is 4. The first kappa shape index (κ1) is 15.7. The summed E-state index contributed by atoms with van der Waals surface area (Å²) in [5.74, 6) is -1.73. The number of primary amides is 1. The van der Waals surface area contributed by atoms with Crippen LogP contribution in [0.1, 0.15) is 22.8 Å². The van der Waals surface area contributed by atoms with Crippen molar-refractivity contribution in [3.05, 3.63) is 35.1 Å². The van der Waals surface area contributed by atoms with Crippen LogP contribution in [0.2, 0.25) is 0 Å². The van der Waals surface area contributed by atoms with E-state index in [0.29, 0.717) is 5.56 Å². The molecule has 0 saturated carbocycles. The Hall–Kier alpha value is -1.64. The highest BCUT2D eigenvalue weighted by Gasteiger charge is 2.41. The fourth-order valence-corrected chi connectivity index (χ4v) is 2.22. The molecule has 1 saturated heterocycles. The zero-order valence-electron chi connectivity index (χ0n) is 11.2. The van der Waals surface area contributed by atoms with Crippen molar-refractivity contribution in [2.45, 2.75) is 31.2 Å². The molecule has 1 aromatic carbocycles. The van der Waals surface area contributed by atoms with E-state index in [2.05, 4.69) is 11.4 Å². The lowest BCUT2D eigenvalue weighted by Gasteiger charge is -2.42. The molecule has 1 fully saturated rings. The van der Waals surface area contributed by atoms with E-state index < -0.39 is 36.0 Å². The van der Waals surface area contributed by atoms with Gasteiger partial charge in [-0.25, -0.2) is 13.2 Å². The second-order valence-electron chi connectivity index (χ2n) is 5.08. The van der Waals surface area contributed by atoms with Crippen LogP contribution in [0, 0.1) is 11.9 Å². The molecule has 5 nitrogen and oxygen atoms in total. The molecule has 21 heavy (non-hydrogen) atoms. The summed E-state index contributed by atoms with van der Waals surface area (Å²) >= 11 is 0. The summed E-state index contributed by atoms with van der Waals surface area (Å²) in [5, 5.41) is 2.78. The van der Waals surface area contributed by atoms with Crippen molar-refractivity contribution in [1.82, 2.24) is 5.32 Å². The molecule has 1 radical (unpaired) electrons. The highest BCUT2D eigenvalue weighted by atomic mass is 19.3. The first-order valence-electron chi connectivity index (χ1n) is 6.19. The number of nitrogens with two attached hydrogens (primary N) is 2. The summed E-state index contributed by atoms with van der Waals surface area (Å²) in [4.78, 5) is 11.0. The van der Waals surface area contributed by atoms with Gasteiger partial charge in [0.2, 0.25) is 0 Å². The molecule has 1 heterocycles. The molecule has 0 aromatic heterocycles. The third kappa shape index (κ3) is 3.02. The molecule has 2 unspecified atom stereocenters. The van der Waals surface area contributed by atoms with E-state index >= 15 is 0 Å². The second-order valence-corrected chi connectivity index (χ2v) is 5.08. The van der Waals surface area contributed by atoms with Crippen LogP contribution in [0.5, 0.6) is 0 Å². The third-order valence-electron chi connectivity index (χ3n) is 3.41. The van der Waals surface area contributed by atoms with Crippen LogP contribution in [0.25, 0.3) is 0 Å². The summed E-state index contributed by atoms with van der Waals surface area (Å²) in [6.07, 6.45) is -5.28. The van der Waals surface area contributed by atoms with Crippen molar-refractivity contribution in [3.63, 3.8) is 0 Å². The number of nitrogens with one attached hydrogen (secondary N) is 1. The van der Waals surface area contributed by atoms with Gasteiger partial charge in [0, 0.05) is 0 Å². The third-order valence-corrected chi connectivity index (χ3v) is 3.41. The lowest BCUT2D eigenvalue weighted by molar-refractivity contribution is -0.124. The van der Waals surface area contributed by atoms with E-state index in [4.69, 9.17) is 16.2 Å². The van der Waals surface area contributed by atoms with E-state index in [0.717, 1.165) is 12.1 Å². The molecule has 2 rings (SSSR count). The fraction of sp³-hybridized carbons (Fsp3) is 0.462. The van der Waals surface area contributed by atoms with E-state index in [1.54, 1.807) is 6.92 Å². The number of carbonyl (C=O) groups excluding carboxylic acids is 1.